The number of fused-ring (bicyclic) bond motifs is 1. The van der Waals surface area contributed by atoms with Gasteiger partial charge in [-0.15, -0.1) is 0 Å². The van der Waals surface area contributed by atoms with Crippen LogP contribution < -0.4 is 11.2 Å². The van der Waals surface area contributed by atoms with E-state index in [1.807, 2.05) is 0 Å². The summed E-state index contributed by atoms with van der Waals surface area (Å²) in [5.41, 5.74) is -1.86. The van der Waals surface area contributed by atoms with Crippen molar-refractivity contribution in [1.82, 2.24) is 9.13 Å². The van der Waals surface area contributed by atoms with E-state index >= 15 is 0 Å². The molecule has 0 aliphatic heterocycles. The van der Waals surface area contributed by atoms with E-state index < -0.39 is 28.8 Å². The van der Waals surface area contributed by atoms with Crippen LogP contribution in [0.25, 0.3) is 10.9 Å². The van der Waals surface area contributed by atoms with Gasteiger partial charge in [-0.1, -0.05) is 18.2 Å². The second kappa shape index (κ2) is 5.87. The smallest absolute Gasteiger partial charge is 0.296 e. The molecule has 0 saturated heterocycles. The number of halogens is 4. The van der Waals surface area contributed by atoms with E-state index in [0.717, 1.165) is 27.3 Å². The highest BCUT2D eigenvalue weighted by molar-refractivity contribution is 5.78. The third-order valence-electron chi connectivity index (χ3n) is 3.95. The minimum absolute atomic E-state index is 0.152. The fraction of sp³-hybridized carbons (Fsp3) is 0.176. The van der Waals surface area contributed by atoms with Gasteiger partial charge < -0.3 is 0 Å². The number of benzene rings is 2. The standard InChI is InChI=1S/C17H12F4N2O2/c1-22-13-4-2-3-12(18)14(13)15(24)23(16(22)25)9-10-5-7-11(8-6-10)17(19,20)21/h2-8H,9H2,1H3. The molecule has 0 amide bonds. The lowest BCUT2D eigenvalue weighted by atomic mass is 10.1. The predicted octanol–water partition coefficient (Wildman–Crippen LogP) is 2.91. The Morgan fingerprint density at radius 2 is 1.64 bits per heavy atom. The first-order valence-electron chi connectivity index (χ1n) is 7.24. The number of aromatic nitrogens is 2. The van der Waals surface area contributed by atoms with E-state index in [-0.39, 0.29) is 17.4 Å². The van der Waals surface area contributed by atoms with Crippen molar-refractivity contribution < 1.29 is 17.6 Å². The van der Waals surface area contributed by atoms with Crippen LogP contribution in [0.15, 0.2) is 52.1 Å². The van der Waals surface area contributed by atoms with Crippen LogP contribution in [0.2, 0.25) is 0 Å². The molecule has 0 N–H and O–H groups in total. The van der Waals surface area contributed by atoms with Gasteiger partial charge in [0.1, 0.15) is 5.82 Å². The first kappa shape index (κ1) is 16.9. The van der Waals surface area contributed by atoms with Crippen molar-refractivity contribution in [2.75, 3.05) is 0 Å². The SMILES string of the molecule is Cn1c(=O)n(Cc2ccc(C(F)(F)F)cc2)c(=O)c2c(F)cccc21. The molecule has 0 fully saturated rings. The lowest BCUT2D eigenvalue weighted by Gasteiger charge is -2.12. The zero-order chi connectivity index (χ0) is 18.4. The van der Waals surface area contributed by atoms with Gasteiger partial charge in [-0.05, 0) is 29.8 Å². The molecule has 0 bridgehead atoms. The number of alkyl halides is 3. The molecule has 4 nitrogen and oxygen atoms in total. The molecule has 25 heavy (non-hydrogen) atoms. The van der Waals surface area contributed by atoms with Gasteiger partial charge in [-0.25, -0.2) is 9.18 Å². The molecule has 0 radical (unpaired) electrons. The van der Waals surface area contributed by atoms with E-state index in [4.69, 9.17) is 0 Å². The summed E-state index contributed by atoms with van der Waals surface area (Å²) in [5, 5.41) is -0.239. The molecule has 0 aliphatic rings. The average molecular weight is 352 g/mol. The fourth-order valence-electron chi connectivity index (χ4n) is 2.63. The summed E-state index contributed by atoms with van der Waals surface area (Å²) >= 11 is 0. The summed E-state index contributed by atoms with van der Waals surface area (Å²) < 4.78 is 53.7. The van der Waals surface area contributed by atoms with Gasteiger partial charge in [-0.3, -0.25) is 13.9 Å². The van der Waals surface area contributed by atoms with E-state index in [1.54, 1.807) is 0 Å². The van der Waals surface area contributed by atoms with Gasteiger partial charge in [0.25, 0.3) is 5.56 Å². The highest BCUT2D eigenvalue weighted by atomic mass is 19.4. The summed E-state index contributed by atoms with van der Waals surface area (Å²) in [4.78, 5) is 24.9. The molecular formula is C17H12F4N2O2. The number of nitrogens with zero attached hydrogens (tertiary/aromatic N) is 2. The molecule has 3 aromatic rings. The third kappa shape index (κ3) is 2.95. The van der Waals surface area contributed by atoms with Crippen LogP contribution in [0.1, 0.15) is 11.1 Å². The third-order valence-corrected chi connectivity index (χ3v) is 3.95. The fourth-order valence-corrected chi connectivity index (χ4v) is 2.63. The quantitative estimate of drug-likeness (QED) is 0.666. The molecule has 8 heteroatoms. The van der Waals surface area contributed by atoms with Gasteiger partial charge in [0.2, 0.25) is 0 Å². The zero-order valence-corrected chi connectivity index (χ0v) is 13.0. The highest BCUT2D eigenvalue weighted by Gasteiger charge is 2.30. The van der Waals surface area contributed by atoms with Crippen molar-refractivity contribution in [3.05, 3.63) is 80.2 Å². The Kier molecular flexibility index (Phi) is 3.98. The lowest BCUT2D eigenvalue weighted by Crippen LogP contribution is -2.39. The minimum Gasteiger partial charge on any atom is -0.296 e. The van der Waals surface area contributed by atoms with E-state index in [2.05, 4.69) is 0 Å². The van der Waals surface area contributed by atoms with Gasteiger partial charge >= 0.3 is 11.9 Å². The Hall–Kier alpha value is -2.90. The minimum atomic E-state index is -4.47. The highest BCUT2D eigenvalue weighted by Crippen LogP contribution is 2.29. The van der Waals surface area contributed by atoms with Gasteiger partial charge in [0, 0.05) is 7.05 Å². The molecule has 0 unspecified atom stereocenters. The van der Waals surface area contributed by atoms with Gasteiger partial charge in [0.05, 0.1) is 23.0 Å². The summed E-state index contributed by atoms with van der Waals surface area (Å²) in [6, 6.07) is 8.04. The summed E-state index contributed by atoms with van der Waals surface area (Å²) in [6.07, 6.45) is -4.47. The number of hydrogen-bond acceptors (Lipinski definition) is 2. The van der Waals surface area contributed by atoms with Crippen LogP contribution >= 0.6 is 0 Å². The van der Waals surface area contributed by atoms with Crippen LogP contribution in [-0.2, 0) is 19.8 Å². The van der Waals surface area contributed by atoms with Crippen LogP contribution in [0.5, 0.6) is 0 Å². The largest absolute Gasteiger partial charge is 0.416 e. The van der Waals surface area contributed by atoms with E-state index in [1.165, 1.54) is 31.3 Å². The molecule has 1 heterocycles. The molecule has 0 aliphatic carbocycles. The molecular weight excluding hydrogens is 340 g/mol. The maximum atomic E-state index is 14.0. The van der Waals surface area contributed by atoms with Gasteiger partial charge in [-0.2, -0.15) is 13.2 Å². The Morgan fingerprint density at radius 3 is 2.24 bits per heavy atom. The predicted molar refractivity (Wildman–Crippen MR) is 84.0 cm³/mol. The Labute approximate surface area is 138 Å². The lowest BCUT2D eigenvalue weighted by molar-refractivity contribution is -0.137. The first-order valence-corrected chi connectivity index (χ1v) is 7.24. The van der Waals surface area contributed by atoms with Crippen molar-refractivity contribution in [2.24, 2.45) is 7.05 Å². The zero-order valence-electron chi connectivity index (χ0n) is 13.0. The normalized spacial score (nSPS) is 11.9. The van der Waals surface area contributed by atoms with Crippen LogP contribution in [0, 0.1) is 5.82 Å². The Morgan fingerprint density at radius 1 is 1.00 bits per heavy atom. The maximum Gasteiger partial charge on any atom is 0.416 e. The van der Waals surface area contributed by atoms with Crippen molar-refractivity contribution in [3.63, 3.8) is 0 Å². The summed E-state index contributed by atoms with van der Waals surface area (Å²) in [6.45, 7) is -0.256. The van der Waals surface area contributed by atoms with Crippen LogP contribution in [0.4, 0.5) is 17.6 Å². The Balaban J connectivity index is 2.12. The van der Waals surface area contributed by atoms with Crippen molar-refractivity contribution in [2.45, 2.75) is 12.7 Å². The van der Waals surface area contributed by atoms with Crippen LogP contribution in [0.3, 0.4) is 0 Å². The molecule has 0 saturated carbocycles. The van der Waals surface area contributed by atoms with E-state index in [9.17, 15) is 27.2 Å². The van der Waals surface area contributed by atoms with Crippen molar-refractivity contribution in [3.8, 4) is 0 Å². The number of rotatable bonds is 2. The molecule has 2 aromatic carbocycles. The van der Waals surface area contributed by atoms with Gasteiger partial charge in [0.15, 0.2) is 0 Å². The first-order chi connectivity index (χ1) is 11.7. The Bertz CT molecular complexity index is 1060. The topological polar surface area (TPSA) is 44.0 Å². The summed E-state index contributed by atoms with van der Waals surface area (Å²) in [5.74, 6) is -0.765. The van der Waals surface area contributed by atoms with E-state index in [0.29, 0.717) is 5.56 Å². The molecule has 0 atom stereocenters. The molecule has 1 aromatic heterocycles. The molecule has 0 spiro atoms. The number of hydrogen-bond donors (Lipinski definition) is 0. The average Bonchev–Trinajstić information content (AvgIpc) is 2.56. The second-order valence-electron chi connectivity index (χ2n) is 5.56. The maximum absolute atomic E-state index is 14.0. The van der Waals surface area contributed by atoms with Crippen molar-refractivity contribution >= 4 is 10.9 Å². The molecule has 3 rings (SSSR count). The second-order valence-corrected chi connectivity index (χ2v) is 5.56. The van der Waals surface area contributed by atoms with Crippen molar-refractivity contribution in [1.29, 1.82) is 0 Å². The number of aryl methyl sites for hydroxylation is 1. The van der Waals surface area contributed by atoms with Crippen LogP contribution in [-0.4, -0.2) is 9.13 Å². The summed E-state index contributed by atoms with van der Waals surface area (Å²) in [7, 11) is 1.40. The molecule has 130 valence electrons. The monoisotopic (exact) mass is 352 g/mol.